The molecule has 1 amide bonds. The molecule has 1 aliphatic heterocycles. The third-order valence-electron chi connectivity index (χ3n) is 5.67. The number of anilines is 1. The summed E-state index contributed by atoms with van der Waals surface area (Å²) in [6.07, 6.45) is 6.86. The highest BCUT2D eigenvalue weighted by Gasteiger charge is 2.27. The van der Waals surface area contributed by atoms with Gasteiger partial charge in [0.15, 0.2) is 17.0 Å². The first-order valence-corrected chi connectivity index (χ1v) is 9.75. The van der Waals surface area contributed by atoms with E-state index >= 15 is 0 Å². The molecule has 2 aromatic rings. The Morgan fingerprint density at radius 1 is 1.21 bits per heavy atom. The molecule has 2 N–H and O–H groups in total. The van der Waals surface area contributed by atoms with Crippen molar-refractivity contribution in [2.24, 2.45) is 5.84 Å². The average molecular weight is 383 g/mol. The van der Waals surface area contributed by atoms with E-state index in [1.807, 2.05) is 13.1 Å². The number of carbonyl (C=O) groups excluding carboxylic acids is 1. The quantitative estimate of drug-likeness (QED) is 0.600. The standard InChI is InChI=1S/C18H25N9O/c1-24-7-9-25(10-8-24)18(28)26-12-21-15-16(26)22-14(11-19)23-17(15)27(20)13-5-3-2-4-6-13/h12-13H,2-10,20H2,1H3. The van der Waals surface area contributed by atoms with Crippen LogP contribution in [-0.4, -0.2) is 74.6 Å². The third-order valence-corrected chi connectivity index (χ3v) is 5.67. The third kappa shape index (κ3) is 3.39. The number of likely N-dealkylation sites (N-methyl/N-ethyl adjacent to an activating group) is 1. The maximum atomic E-state index is 13.0. The van der Waals surface area contributed by atoms with Crippen LogP contribution in [0.1, 0.15) is 37.9 Å². The summed E-state index contributed by atoms with van der Waals surface area (Å²) in [4.78, 5) is 29.9. The van der Waals surface area contributed by atoms with Gasteiger partial charge in [0.2, 0.25) is 5.82 Å². The normalized spacial score (nSPS) is 19.0. The zero-order valence-corrected chi connectivity index (χ0v) is 16.1. The second-order valence-corrected chi connectivity index (χ2v) is 7.54. The van der Waals surface area contributed by atoms with Crippen molar-refractivity contribution in [1.82, 2.24) is 29.3 Å². The van der Waals surface area contributed by atoms with Gasteiger partial charge in [0.25, 0.3) is 0 Å². The van der Waals surface area contributed by atoms with Crippen molar-refractivity contribution in [3.63, 3.8) is 0 Å². The van der Waals surface area contributed by atoms with Crippen molar-refractivity contribution in [2.45, 2.75) is 38.1 Å². The maximum Gasteiger partial charge on any atom is 0.331 e. The number of hydrogen-bond donors (Lipinski definition) is 1. The predicted molar refractivity (Wildman–Crippen MR) is 103 cm³/mol. The Labute approximate surface area is 163 Å². The largest absolute Gasteiger partial charge is 0.331 e. The molecule has 2 aromatic heterocycles. The number of nitriles is 1. The van der Waals surface area contributed by atoms with Crippen molar-refractivity contribution >= 4 is 23.0 Å². The fourth-order valence-corrected chi connectivity index (χ4v) is 3.94. The molecule has 148 valence electrons. The van der Waals surface area contributed by atoms with Crippen LogP contribution in [0, 0.1) is 11.3 Å². The van der Waals surface area contributed by atoms with Crippen molar-refractivity contribution in [3.05, 3.63) is 12.2 Å². The molecule has 10 nitrogen and oxygen atoms in total. The van der Waals surface area contributed by atoms with Gasteiger partial charge in [-0.1, -0.05) is 19.3 Å². The molecule has 10 heteroatoms. The number of nitrogens with two attached hydrogens (primary N) is 1. The summed E-state index contributed by atoms with van der Waals surface area (Å²) in [7, 11) is 2.04. The highest BCUT2D eigenvalue weighted by atomic mass is 16.2. The van der Waals surface area contributed by atoms with E-state index in [9.17, 15) is 10.1 Å². The van der Waals surface area contributed by atoms with Crippen LogP contribution in [0.5, 0.6) is 0 Å². The van der Waals surface area contributed by atoms with Gasteiger partial charge in [-0.3, -0.25) is 5.01 Å². The van der Waals surface area contributed by atoms with E-state index in [0.29, 0.717) is 30.1 Å². The van der Waals surface area contributed by atoms with Crippen LogP contribution in [0.4, 0.5) is 10.6 Å². The van der Waals surface area contributed by atoms with E-state index in [4.69, 9.17) is 5.84 Å². The Morgan fingerprint density at radius 3 is 2.61 bits per heavy atom. The summed E-state index contributed by atoms with van der Waals surface area (Å²) in [6, 6.07) is 1.94. The van der Waals surface area contributed by atoms with Crippen LogP contribution in [0.25, 0.3) is 11.2 Å². The van der Waals surface area contributed by atoms with Crippen molar-refractivity contribution in [3.8, 4) is 6.07 Å². The van der Waals surface area contributed by atoms with Gasteiger partial charge in [-0.15, -0.1) is 0 Å². The molecule has 0 radical (unpaired) electrons. The van der Waals surface area contributed by atoms with Gasteiger partial charge in [0.1, 0.15) is 12.4 Å². The summed E-state index contributed by atoms with van der Waals surface area (Å²) in [5.41, 5.74) is 0.784. The zero-order chi connectivity index (χ0) is 19.7. The second-order valence-electron chi connectivity index (χ2n) is 7.54. The summed E-state index contributed by atoms with van der Waals surface area (Å²) in [5.74, 6) is 6.79. The topological polar surface area (TPSA) is 120 Å². The molecule has 2 fully saturated rings. The molecule has 0 atom stereocenters. The van der Waals surface area contributed by atoms with Gasteiger partial charge in [0.05, 0.1) is 0 Å². The lowest BCUT2D eigenvalue weighted by molar-refractivity contribution is 0.156. The predicted octanol–water partition coefficient (Wildman–Crippen LogP) is 0.926. The number of hydrazine groups is 1. The van der Waals surface area contributed by atoms with Crippen molar-refractivity contribution in [1.29, 1.82) is 5.26 Å². The molecular formula is C18H25N9O. The van der Waals surface area contributed by atoms with Crippen LogP contribution < -0.4 is 10.9 Å². The minimum Gasteiger partial charge on any atom is -0.321 e. The van der Waals surface area contributed by atoms with Crippen molar-refractivity contribution in [2.75, 3.05) is 38.2 Å². The van der Waals surface area contributed by atoms with Crippen LogP contribution in [-0.2, 0) is 0 Å². The Balaban J connectivity index is 1.70. The number of piperazine rings is 1. The molecule has 1 saturated heterocycles. The molecule has 0 unspecified atom stereocenters. The van der Waals surface area contributed by atoms with Gasteiger partial charge >= 0.3 is 6.03 Å². The number of fused-ring (bicyclic) bond motifs is 1. The Hall–Kier alpha value is -2.77. The van der Waals surface area contributed by atoms with E-state index in [0.717, 1.165) is 38.8 Å². The van der Waals surface area contributed by atoms with Gasteiger partial charge < -0.3 is 9.80 Å². The number of nitrogens with zero attached hydrogens (tertiary/aromatic N) is 8. The summed E-state index contributed by atoms with van der Waals surface area (Å²) in [5, 5.41) is 11.0. The SMILES string of the molecule is CN1CCN(C(=O)n2cnc3c(N(N)C4CCCCC4)nc(C#N)nc32)CC1. The molecule has 1 saturated carbocycles. The first-order chi connectivity index (χ1) is 13.6. The number of amides is 1. The fourth-order valence-electron chi connectivity index (χ4n) is 3.94. The smallest absolute Gasteiger partial charge is 0.321 e. The first-order valence-electron chi connectivity index (χ1n) is 9.75. The molecule has 0 spiro atoms. The molecule has 0 bridgehead atoms. The molecule has 28 heavy (non-hydrogen) atoms. The highest BCUT2D eigenvalue weighted by Crippen LogP contribution is 2.28. The van der Waals surface area contributed by atoms with Crippen LogP contribution >= 0.6 is 0 Å². The van der Waals surface area contributed by atoms with E-state index < -0.39 is 0 Å². The molecule has 2 aliphatic rings. The van der Waals surface area contributed by atoms with Gasteiger partial charge in [-0.05, 0) is 19.9 Å². The van der Waals surface area contributed by atoms with Crippen molar-refractivity contribution < 1.29 is 4.79 Å². The summed E-state index contributed by atoms with van der Waals surface area (Å²) >= 11 is 0. The van der Waals surface area contributed by atoms with Gasteiger partial charge in [0, 0.05) is 32.2 Å². The number of carbonyl (C=O) groups is 1. The van der Waals surface area contributed by atoms with Crippen LogP contribution in [0.15, 0.2) is 6.33 Å². The van der Waals surface area contributed by atoms with Crippen LogP contribution in [0.3, 0.4) is 0 Å². The number of imidazole rings is 1. The molecule has 1 aliphatic carbocycles. The molecule has 0 aromatic carbocycles. The summed E-state index contributed by atoms with van der Waals surface area (Å²) < 4.78 is 1.40. The molecule has 4 rings (SSSR count). The molecular weight excluding hydrogens is 358 g/mol. The van der Waals surface area contributed by atoms with E-state index in [-0.39, 0.29) is 17.9 Å². The fraction of sp³-hybridized carbons (Fsp3) is 0.611. The maximum absolute atomic E-state index is 13.0. The lowest BCUT2D eigenvalue weighted by Gasteiger charge is -2.32. The minimum absolute atomic E-state index is 0.0123. The Morgan fingerprint density at radius 2 is 1.93 bits per heavy atom. The van der Waals surface area contributed by atoms with Gasteiger partial charge in [-0.25, -0.2) is 20.2 Å². The first kappa shape index (κ1) is 18.6. The number of hydrogen-bond acceptors (Lipinski definition) is 8. The van der Waals surface area contributed by atoms with Gasteiger partial charge in [-0.2, -0.15) is 15.2 Å². The minimum atomic E-state index is -0.189. The second kappa shape index (κ2) is 7.69. The Bertz CT molecular complexity index is 904. The average Bonchev–Trinajstić information content (AvgIpc) is 3.17. The Kier molecular flexibility index (Phi) is 5.11. The monoisotopic (exact) mass is 383 g/mol. The van der Waals surface area contributed by atoms with E-state index in [1.54, 1.807) is 9.91 Å². The lowest BCUT2D eigenvalue weighted by atomic mass is 9.95. The van der Waals surface area contributed by atoms with E-state index in [1.165, 1.54) is 17.3 Å². The van der Waals surface area contributed by atoms with E-state index in [2.05, 4.69) is 19.9 Å². The number of aromatic nitrogens is 4. The highest BCUT2D eigenvalue weighted by molar-refractivity contribution is 5.92. The molecule has 3 heterocycles. The van der Waals surface area contributed by atoms with Crippen LogP contribution in [0.2, 0.25) is 0 Å². The summed E-state index contributed by atoms with van der Waals surface area (Å²) in [6.45, 7) is 2.92. The number of rotatable bonds is 2. The lowest BCUT2D eigenvalue weighted by Crippen LogP contribution is -2.48. The zero-order valence-electron chi connectivity index (χ0n) is 16.1.